The molecule has 0 aliphatic heterocycles. The Balaban J connectivity index is 4.05. The van der Waals surface area contributed by atoms with E-state index in [1.165, 1.54) is 83.5 Å². The number of phosphoric acid groups is 1. The van der Waals surface area contributed by atoms with Gasteiger partial charge in [-0.25, -0.2) is 4.57 Å². The Kier molecular flexibility index (Phi) is 31.8. The van der Waals surface area contributed by atoms with Gasteiger partial charge in [-0.2, -0.15) is 0 Å². The van der Waals surface area contributed by atoms with Gasteiger partial charge in [-0.15, -0.1) is 0 Å². The lowest BCUT2D eigenvalue weighted by atomic mass is 10.1. The molecule has 0 saturated heterocycles. The van der Waals surface area contributed by atoms with Crippen LogP contribution >= 0.6 is 7.82 Å². The molecule has 9 nitrogen and oxygen atoms in total. The Morgan fingerprint density at radius 2 is 1.09 bits per heavy atom. The summed E-state index contributed by atoms with van der Waals surface area (Å²) in [5.74, 6) is -0.842. The summed E-state index contributed by atoms with van der Waals surface area (Å²) < 4.78 is 32.4. The molecule has 45 heavy (non-hydrogen) atoms. The van der Waals surface area contributed by atoms with E-state index in [1.807, 2.05) is 0 Å². The summed E-state index contributed by atoms with van der Waals surface area (Å²) >= 11 is 0. The third-order valence-electron chi connectivity index (χ3n) is 7.65. The van der Waals surface area contributed by atoms with Crippen LogP contribution in [0.15, 0.2) is 12.2 Å². The second kappa shape index (κ2) is 32.7. The molecule has 2 atom stereocenters. The quantitative estimate of drug-likeness (QED) is 0.0299. The van der Waals surface area contributed by atoms with Crippen molar-refractivity contribution in [2.45, 2.75) is 174 Å². The van der Waals surface area contributed by atoms with Gasteiger partial charge in [-0.1, -0.05) is 129 Å². The fraction of sp³-hybridized carbons (Fsp3) is 0.886. The number of ether oxygens (including phenoxy) is 2. The predicted molar refractivity (Wildman–Crippen MR) is 183 cm³/mol. The van der Waals surface area contributed by atoms with Crippen LogP contribution in [0.5, 0.6) is 0 Å². The molecule has 3 N–H and O–H groups in total. The van der Waals surface area contributed by atoms with Crippen molar-refractivity contribution in [1.82, 2.24) is 0 Å². The Bertz CT molecular complexity index is 764. The largest absolute Gasteiger partial charge is 0.472 e. The molecule has 0 aliphatic carbocycles. The molecule has 0 aliphatic rings. The van der Waals surface area contributed by atoms with Gasteiger partial charge in [0, 0.05) is 19.4 Å². The first-order valence-electron chi connectivity index (χ1n) is 18.2. The van der Waals surface area contributed by atoms with E-state index in [0.717, 1.165) is 51.4 Å². The first kappa shape index (κ1) is 43.8. The van der Waals surface area contributed by atoms with E-state index in [-0.39, 0.29) is 32.6 Å². The summed E-state index contributed by atoms with van der Waals surface area (Å²) in [6.45, 7) is 3.62. The Morgan fingerprint density at radius 3 is 1.58 bits per heavy atom. The van der Waals surface area contributed by atoms with Crippen molar-refractivity contribution >= 4 is 19.8 Å². The molecule has 0 amide bonds. The summed E-state index contributed by atoms with van der Waals surface area (Å²) in [4.78, 5) is 34.3. The fourth-order valence-electron chi connectivity index (χ4n) is 4.92. The molecule has 0 heterocycles. The maximum atomic E-state index is 12.4. The number of esters is 2. The molecular weight excluding hydrogens is 593 g/mol. The minimum Gasteiger partial charge on any atom is -0.462 e. The van der Waals surface area contributed by atoms with Gasteiger partial charge in [0.05, 0.1) is 13.2 Å². The number of nitrogens with two attached hydrogens (primary N) is 1. The van der Waals surface area contributed by atoms with Gasteiger partial charge in [0.25, 0.3) is 0 Å². The van der Waals surface area contributed by atoms with Gasteiger partial charge in [0.1, 0.15) is 6.61 Å². The van der Waals surface area contributed by atoms with E-state index in [2.05, 4.69) is 26.0 Å². The van der Waals surface area contributed by atoms with Crippen LogP contribution in [0.4, 0.5) is 0 Å². The number of carbonyl (C=O) groups is 2. The van der Waals surface area contributed by atoms with Crippen LogP contribution in [0.2, 0.25) is 0 Å². The van der Waals surface area contributed by atoms with Crippen molar-refractivity contribution in [3.63, 3.8) is 0 Å². The molecule has 2 unspecified atom stereocenters. The monoisotopic (exact) mass is 661 g/mol. The van der Waals surface area contributed by atoms with Crippen molar-refractivity contribution in [2.75, 3.05) is 26.4 Å². The molecule has 0 aromatic carbocycles. The highest BCUT2D eigenvalue weighted by Gasteiger charge is 2.25. The topological polar surface area (TPSA) is 134 Å². The molecule has 0 aromatic heterocycles. The summed E-state index contributed by atoms with van der Waals surface area (Å²) in [5, 5.41) is 0. The minimum absolute atomic E-state index is 0.0550. The summed E-state index contributed by atoms with van der Waals surface area (Å²) in [5.41, 5.74) is 5.31. The van der Waals surface area contributed by atoms with Crippen LogP contribution in [0.1, 0.15) is 168 Å². The highest BCUT2D eigenvalue weighted by Crippen LogP contribution is 2.43. The number of carbonyl (C=O) groups excluding carboxylic acids is 2. The molecule has 0 rings (SSSR count). The third kappa shape index (κ3) is 32.5. The molecular formula is C35H68NO8P. The van der Waals surface area contributed by atoms with Crippen LogP contribution in [0, 0.1) is 0 Å². The molecule has 266 valence electrons. The number of rotatable bonds is 34. The number of phosphoric ester groups is 1. The van der Waals surface area contributed by atoms with E-state index in [4.69, 9.17) is 24.3 Å². The first-order chi connectivity index (χ1) is 21.8. The molecule has 0 saturated carbocycles. The van der Waals surface area contributed by atoms with Gasteiger partial charge in [0.2, 0.25) is 0 Å². The van der Waals surface area contributed by atoms with Crippen molar-refractivity contribution < 1.29 is 37.6 Å². The Labute approximate surface area is 275 Å². The van der Waals surface area contributed by atoms with Gasteiger partial charge in [-0.05, 0) is 38.5 Å². The van der Waals surface area contributed by atoms with Crippen LogP contribution in [-0.2, 0) is 32.7 Å². The van der Waals surface area contributed by atoms with Crippen LogP contribution < -0.4 is 5.73 Å². The number of allylic oxidation sites excluding steroid dienone is 2. The van der Waals surface area contributed by atoms with E-state index < -0.39 is 32.5 Å². The minimum atomic E-state index is -4.35. The normalized spacial score (nSPS) is 13.6. The van der Waals surface area contributed by atoms with E-state index in [0.29, 0.717) is 6.42 Å². The van der Waals surface area contributed by atoms with Crippen molar-refractivity contribution in [3.8, 4) is 0 Å². The highest BCUT2D eigenvalue weighted by molar-refractivity contribution is 7.47. The smallest absolute Gasteiger partial charge is 0.462 e. The highest BCUT2D eigenvalue weighted by atomic mass is 31.2. The second-order valence-electron chi connectivity index (χ2n) is 12.1. The molecule has 0 bridgehead atoms. The lowest BCUT2D eigenvalue weighted by molar-refractivity contribution is -0.161. The SMILES string of the molecule is CCCCCCCC/C=C\CCCCCCCCCCCC(=O)OC(COC(=O)CCCCCCC)COP(=O)(O)OCCN. The zero-order chi connectivity index (χ0) is 33.3. The fourth-order valence-corrected chi connectivity index (χ4v) is 5.69. The standard InChI is InChI=1S/C35H68NO8P/c1-3-5-7-9-10-11-12-13-14-15-16-17-18-19-20-21-22-24-26-28-35(38)44-33(32-43-45(39,40)42-30-29-36)31-41-34(37)27-25-23-8-6-4-2/h13-14,33H,3-12,15-32,36H2,1-2H3,(H,39,40)/b14-13-. The zero-order valence-electron chi connectivity index (χ0n) is 28.9. The summed E-state index contributed by atoms with van der Waals surface area (Å²) in [7, 11) is -4.35. The molecule has 0 fully saturated rings. The average Bonchev–Trinajstić information content (AvgIpc) is 3.02. The maximum absolute atomic E-state index is 12.4. The van der Waals surface area contributed by atoms with Gasteiger partial charge in [-0.3, -0.25) is 18.6 Å². The molecule has 10 heteroatoms. The number of hydrogen-bond donors (Lipinski definition) is 2. The lowest BCUT2D eigenvalue weighted by Crippen LogP contribution is -2.29. The average molecular weight is 662 g/mol. The van der Waals surface area contributed by atoms with Crippen LogP contribution in [0.25, 0.3) is 0 Å². The van der Waals surface area contributed by atoms with E-state index in [9.17, 15) is 19.0 Å². The predicted octanol–water partition coefficient (Wildman–Crippen LogP) is 9.49. The second-order valence-corrected chi connectivity index (χ2v) is 13.5. The lowest BCUT2D eigenvalue weighted by Gasteiger charge is -2.19. The number of unbranched alkanes of at least 4 members (excludes halogenated alkanes) is 19. The van der Waals surface area contributed by atoms with Crippen LogP contribution in [0.3, 0.4) is 0 Å². The third-order valence-corrected chi connectivity index (χ3v) is 8.64. The van der Waals surface area contributed by atoms with Gasteiger partial charge in [0.15, 0.2) is 6.10 Å². The molecule has 0 aromatic rings. The van der Waals surface area contributed by atoms with Crippen molar-refractivity contribution in [1.29, 1.82) is 0 Å². The van der Waals surface area contributed by atoms with Crippen LogP contribution in [-0.4, -0.2) is 49.3 Å². The van der Waals surface area contributed by atoms with Gasteiger partial charge >= 0.3 is 19.8 Å². The zero-order valence-corrected chi connectivity index (χ0v) is 29.8. The van der Waals surface area contributed by atoms with Crippen molar-refractivity contribution in [2.24, 2.45) is 5.73 Å². The van der Waals surface area contributed by atoms with Gasteiger partial charge < -0.3 is 20.1 Å². The van der Waals surface area contributed by atoms with E-state index >= 15 is 0 Å². The van der Waals surface area contributed by atoms with Crippen molar-refractivity contribution in [3.05, 3.63) is 12.2 Å². The van der Waals surface area contributed by atoms with E-state index in [1.54, 1.807) is 0 Å². The Morgan fingerprint density at radius 1 is 0.644 bits per heavy atom. The summed E-state index contributed by atoms with van der Waals surface area (Å²) in [6, 6.07) is 0. The maximum Gasteiger partial charge on any atom is 0.472 e. The molecule has 0 spiro atoms. The molecule has 0 radical (unpaired) electrons. The summed E-state index contributed by atoms with van der Waals surface area (Å²) in [6.07, 6.45) is 30.0. The first-order valence-corrected chi connectivity index (χ1v) is 19.7. The number of hydrogen-bond acceptors (Lipinski definition) is 8. The Hall–Kier alpha value is -1.25.